The van der Waals surface area contributed by atoms with E-state index in [0.29, 0.717) is 29.2 Å². The Kier molecular flexibility index (Phi) is 4.37. The molecular formula is C16H19N7O. The Hall–Kier alpha value is -3.03. The lowest BCUT2D eigenvalue weighted by atomic mass is 10.3. The van der Waals surface area contributed by atoms with Crippen LogP contribution in [0.4, 0.5) is 10.6 Å². The Morgan fingerprint density at radius 2 is 2.04 bits per heavy atom. The number of amides is 2. The molecule has 0 saturated carbocycles. The van der Waals surface area contributed by atoms with Crippen molar-refractivity contribution in [2.75, 3.05) is 11.9 Å². The lowest BCUT2D eigenvalue weighted by molar-refractivity contribution is 0.252. The fourth-order valence-electron chi connectivity index (χ4n) is 2.17. The van der Waals surface area contributed by atoms with Gasteiger partial charge in [0.25, 0.3) is 0 Å². The number of nitrogens with one attached hydrogen (secondary N) is 2. The van der Waals surface area contributed by atoms with Crippen molar-refractivity contribution in [3.8, 4) is 11.4 Å². The van der Waals surface area contributed by atoms with Crippen molar-refractivity contribution in [1.29, 1.82) is 0 Å². The normalized spacial score (nSPS) is 11.0. The van der Waals surface area contributed by atoms with E-state index in [9.17, 15) is 4.79 Å². The van der Waals surface area contributed by atoms with E-state index in [1.165, 1.54) is 0 Å². The van der Waals surface area contributed by atoms with Gasteiger partial charge >= 0.3 is 6.03 Å². The monoisotopic (exact) mass is 325 g/mol. The van der Waals surface area contributed by atoms with Gasteiger partial charge in [0.1, 0.15) is 22.7 Å². The van der Waals surface area contributed by atoms with Crippen LogP contribution in [-0.4, -0.2) is 37.3 Å². The lowest BCUT2D eigenvalue weighted by Crippen LogP contribution is -2.28. The van der Waals surface area contributed by atoms with E-state index < -0.39 is 0 Å². The molecule has 0 bridgehead atoms. The summed E-state index contributed by atoms with van der Waals surface area (Å²) >= 11 is 0. The van der Waals surface area contributed by atoms with Crippen LogP contribution in [0.15, 0.2) is 30.6 Å². The van der Waals surface area contributed by atoms with Crippen LogP contribution in [0.1, 0.15) is 26.8 Å². The van der Waals surface area contributed by atoms with Crippen molar-refractivity contribution in [3.63, 3.8) is 0 Å². The first kappa shape index (κ1) is 15.9. The summed E-state index contributed by atoms with van der Waals surface area (Å²) in [5, 5.41) is 9.81. The highest BCUT2D eigenvalue weighted by Crippen LogP contribution is 2.18. The van der Waals surface area contributed by atoms with Crippen LogP contribution in [0.5, 0.6) is 0 Å². The molecule has 124 valence electrons. The molecule has 8 nitrogen and oxygen atoms in total. The van der Waals surface area contributed by atoms with Gasteiger partial charge in [0.05, 0.1) is 6.20 Å². The third kappa shape index (κ3) is 3.32. The molecule has 2 amide bonds. The standard InChI is InChI=1S/C16H19N7O/c1-4-17-16(24)21-14-6-5-12-15(20-14)19-13(9-18-12)11-7-8-23(22-11)10(2)3/h5-10H,4H2,1-3H3,(H2,17,19,20,21,24). The van der Waals surface area contributed by atoms with E-state index in [-0.39, 0.29) is 12.1 Å². The molecule has 0 fully saturated rings. The van der Waals surface area contributed by atoms with Crippen LogP contribution < -0.4 is 10.6 Å². The number of fused-ring (bicyclic) bond motifs is 1. The highest BCUT2D eigenvalue weighted by molar-refractivity contribution is 5.89. The number of carbonyl (C=O) groups is 1. The number of nitrogens with zero attached hydrogens (tertiary/aromatic N) is 5. The number of rotatable bonds is 4. The lowest BCUT2D eigenvalue weighted by Gasteiger charge is -2.06. The zero-order valence-electron chi connectivity index (χ0n) is 13.8. The zero-order chi connectivity index (χ0) is 17.1. The van der Waals surface area contributed by atoms with Crippen LogP contribution in [0.3, 0.4) is 0 Å². The highest BCUT2D eigenvalue weighted by Gasteiger charge is 2.09. The fourth-order valence-corrected chi connectivity index (χ4v) is 2.17. The molecule has 24 heavy (non-hydrogen) atoms. The molecule has 0 radical (unpaired) electrons. The minimum Gasteiger partial charge on any atom is -0.338 e. The van der Waals surface area contributed by atoms with Gasteiger partial charge in [-0.05, 0) is 39.0 Å². The first-order chi connectivity index (χ1) is 11.6. The second-order valence-corrected chi connectivity index (χ2v) is 5.55. The topological polar surface area (TPSA) is 97.6 Å². The van der Waals surface area contributed by atoms with Gasteiger partial charge in [-0.25, -0.2) is 14.8 Å². The van der Waals surface area contributed by atoms with Crippen LogP contribution in [-0.2, 0) is 0 Å². The predicted molar refractivity (Wildman–Crippen MR) is 91.6 cm³/mol. The average Bonchev–Trinajstić information content (AvgIpc) is 3.04. The molecule has 3 aromatic heterocycles. The van der Waals surface area contributed by atoms with Crippen LogP contribution in [0, 0.1) is 0 Å². The van der Waals surface area contributed by atoms with E-state index in [1.54, 1.807) is 18.3 Å². The summed E-state index contributed by atoms with van der Waals surface area (Å²) in [5.74, 6) is 0.424. The maximum atomic E-state index is 11.6. The van der Waals surface area contributed by atoms with E-state index >= 15 is 0 Å². The number of aromatic nitrogens is 5. The largest absolute Gasteiger partial charge is 0.338 e. The van der Waals surface area contributed by atoms with E-state index in [0.717, 1.165) is 5.69 Å². The van der Waals surface area contributed by atoms with Crippen molar-refractivity contribution in [2.24, 2.45) is 0 Å². The van der Waals surface area contributed by atoms with Gasteiger partial charge in [-0.1, -0.05) is 0 Å². The first-order valence-electron chi connectivity index (χ1n) is 7.81. The smallest absolute Gasteiger partial charge is 0.320 e. The number of anilines is 1. The molecule has 3 aromatic rings. The Morgan fingerprint density at radius 1 is 1.21 bits per heavy atom. The van der Waals surface area contributed by atoms with Gasteiger partial charge in [0.2, 0.25) is 0 Å². The molecule has 0 spiro atoms. The van der Waals surface area contributed by atoms with Gasteiger partial charge in [-0.2, -0.15) is 5.10 Å². The summed E-state index contributed by atoms with van der Waals surface area (Å²) in [4.78, 5) is 24.8. The molecule has 3 heterocycles. The summed E-state index contributed by atoms with van der Waals surface area (Å²) in [5.41, 5.74) is 2.50. The van der Waals surface area contributed by atoms with Crippen molar-refractivity contribution < 1.29 is 4.79 Å². The minimum absolute atomic E-state index is 0.276. The van der Waals surface area contributed by atoms with Gasteiger partial charge in [0.15, 0.2) is 5.65 Å². The zero-order valence-corrected chi connectivity index (χ0v) is 13.8. The SMILES string of the molecule is CCNC(=O)Nc1ccc2ncc(-c3ccn(C(C)C)n3)nc2n1. The quantitative estimate of drug-likeness (QED) is 0.768. The Bertz CT molecular complexity index is 872. The molecule has 0 aliphatic rings. The van der Waals surface area contributed by atoms with Crippen molar-refractivity contribution in [2.45, 2.75) is 26.8 Å². The van der Waals surface area contributed by atoms with E-state index in [1.807, 2.05) is 23.9 Å². The fraction of sp³-hybridized carbons (Fsp3) is 0.312. The van der Waals surface area contributed by atoms with Crippen molar-refractivity contribution in [3.05, 3.63) is 30.6 Å². The third-order valence-corrected chi connectivity index (χ3v) is 3.39. The molecule has 0 aromatic carbocycles. The Labute approximate surface area is 139 Å². The van der Waals surface area contributed by atoms with Crippen LogP contribution in [0.2, 0.25) is 0 Å². The minimum atomic E-state index is -0.302. The molecule has 0 saturated heterocycles. The molecule has 0 unspecified atom stereocenters. The molecule has 0 aliphatic heterocycles. The Morgan fingerprint density at radius 3 is 2.75 bits per heavy atom. The molecule has 0 atom stereocenters. The number of hydrogen-bond acceptors (Lipinski definition) is 5. The number of carbonyl (C=O) groups excluding carboxylic acids is 1. The average molecular weight is 325 g/mol. The predicted octanol–water partition coefficient (Wildman–Crippen LogP) is 2.61. The summed E-state index contributed by atoms with van der Waals surface area (Å²) in [7, 11) is 0. The van der Waals surface area contributed by atoms with E-state index in [2.05, 4.69) is 44.5 Å². The van der Waals surface area contributed by atoms with E-state index in [4.69, 9.17) is 0 Å². The summed E-state index contributed by atoms with van der Waals surface area (Å²) in [6, 6.07) is 5.33. The third-order valence-electron chi connectivity index (χ3n) is 3.39. The number of urea groups is 1. The highest BCUT2D eigenvalue weighted by atomic mass is 16.2. The molecular weight excluding hydrogens is 306 g/mol. The van der Waals surface area contributed by atoms with Gasteiger partial charge in [-0.3, -0.25) is 15.0 Å². The van der Waals surface area contributed by atoms with Crippen LogP contribution >= 0.6 is 0 Å². The van der Waals surface area contributed by atoms with Crippen molar-refractivity contribution >= 4 is 23.0 Å². The molecule has 2 N–H and O–H groups in total. The molecule has 3 rings (SSSR count). The summed E-state index contributed by atoms with van der Waals surface area (Å²) in [6.07, 6.45) is 3.58. The second kappa shape index (κ2) is 6.61. The van der Waals surface area contributed by atoms with Gasteiger partial charge in [0, 0.05) is 18.8 Å². The maximum absolute atomic E-state index is 11.6. The first-order valence-corrected chi connectivity index (χ1v) is 7.81. The molecule has 0 aliphatic carbocycles. The maximum Gasteiger partial charge on any atom is 0.320 e. The number of pyridine rings is 1. The van der Waals surface area contributed by atoms with Crippen molar-refractivity contribution in [1.82, 2.24) is 30.0 Å². The summed E-state index contributed by atoms with van der Waals surface area (Å²) in [6.45, 7) is 6.51. The Balaban J connectivity index is 1.92. The van der Waals surface area contributed by atoms with Gasteiger partial charge in [-0.15, -0.1) is 0 Å². The molecule has 8 heteroatoms. The van der Waals surface area contributed by atoms with Gasteiger partial charge < -0.3 is 5.32 Å². The summed E-state index contributed by atoms with van der Waals surface area (Å²) < 4.78 is 1.86. The number of hydrogen-bond donors (Lipinski definition) is 2. The second-order valence-electron chi connectivity index (χ2n) is 5.55. The van der Waals surface area contributed by atoms with Crippen LogP contribution in [0.25, 0.3) is 22.6 Å².